The van der Waals surface area contributed by atoms with Crippen molar-refractivity contribution in [3.8, 4) is 23.5 Å². The molecule has 2 aliphatic heterocycles. The molecule has 1 aromatic carbocycles. The topological polar surface area (TPSA) is 123 Å². The average Bonchev–Trinajstić information content (AvgIpc) is 3.38. The van der Waals surface area contributed by atoms with Crippen LogP contribution in [0.15, 0.2) is 29.8 Å². The van der Waals surface area contributed by atoms with E-state index in [2.05, 4.69) is 0 Å². The van der Waals surface area contributed by atoms with Crippen LogP contribution in [0.25, 0.3) is 5.69 Å². The van der Waals surface area contributed by atoms with E-state index in [4.69, 9.17) is 24.2 Å². The van der Waals surface area contributed by atoms with Crippen molar-refractivity contribution < 1.29 is 47.1 Å². The van der Waals surface area contributed by atoms with Crippen LogP contribution in [0.5, 0.6) is 11.8 Å². The van der Waals surface area contributed by atoms with Crippen molar-refractivity contribution in [3.63, 3.8) is 0 Å². The number of aromatic nitrogens is 1. The summed E-state index contributed by atoms with van der Waals surface area (Å²) in [6.45, 7) is 1.69. The largest absolute Gasteiger partial charge is 0.494 e. The monoisotopic (exact) mass is 480 g/mol. The van der Waals surface area contributed by atoms with Crippen LogP contribution < -0.4 is 0 Å². The predicted molar refractivity (Wildman–Crippen MR) is 107 cm³/mol. The van der Waals surface area contributed by atoms with Crippen LogP contribution in [-0.4, -0.2) is 47.9 Å². The molecule has 2 aliphatic rings. The summed E-state index contributed by atoms with van der Waals surface area (Å²) in [4.78, 5) is 12.5. The summed E-state index contributed by atoms with van der Waals surface area (Å²) in [5, 5.41) is 30.7. The van der Waals surface area contributed by atoms with Crippen LogP contribution in [0, 0.1) is 11.3 Å². The fraction of sp³-hybridized carbons (Fsp3) is 0.364. The molecule has 2 unspecified atom stereocenters. The zero-order valence-corrected chi connectivity index (χ0v) is 18.0. The second-order valence-electron chi connectivity index (χ2n) is 7.77. The third-order valence-electron chi connectivity index (χ3n) is 5.62. The number of alkyl halides is 3. The van der Waals surface area contributed by atoms with E-state index < -0.39 is 46.7 Å². The van der Waals surface area contributed by atoms with E-state index in [-0.39, 0.29) is 35.8 Å². The van der Waals surface area contributed by atoms with Crippen LogP contribution in [-0.2, 0) is 35.5 Å². The van der Waals surface area contributed by atoms with E-state index in [1.165, 1.54) is 26.2 Å². The highest BCUT2D eigenvalue weighted by atomic mass is 19.4. The van der Waals surface area contributed by atoms with Gasteiger partial charge < -0.3 is 29.2 Å². The number of rotatable bonds is 7. The highest BCUT2D eigenvalue weighted by Gasteiger charge is 2.55. The van der Waals surface area contributed by atoms with Gasteiger partial charge in [-0.25, -0.2) is 4.79 Å². The molecular weight excluding hydrogens is 461 g/mol. The fourth-order valence-electron chi connectivity index (χ4n) is 4.16. The number of hydrogen-bond donors (Lipinski definition) is 2. The van der Waals surface area contributed by atoms with Gasteiger partial charge in [-0.15, -0.1) is 0 Å². The Morgan fingerprint density at radius 1 is 1.29 bits per heavy atom. The summed E-state index contributed by atoms with van der Waals surface area (Å²) >= 11 is 0. The van der Waals surface area contributed by atoms with Crippen LogP contribution in [0.3, 0.4) is 0 Å². The van der Waals surface area contributed by atoms with Gasteiger partial charge in [-0.2, -0.15) is 18.4 Å². The molecule has 0 saturated heterocycles. The molecule has 0 spiro atoms. The standard InChI is InChI=1S/C22H19F3N2O7/c1-21-8-13(20(30)33-10-32-6-5-31-2)17(34-21)15-16(21)19(29)27(18(15)28)12-4-3-11(9-26)14(7-12)22(23,24)25/h3-4,7-8,17,28-29H,5-6,10H2,1-2H3. The average molecular weight is 480 g/mol. The Balaban J connectivity index is 1.68. The van der Waals surface area contributed by atoms with Gasteiger partial charge in [-0.1, -0.05) is 0 Å². The Kier molecular flexibility index (Phi) is 5.80. The molecule has 0 aliphatic carbocycles. The number of ether oxygens (including phenoxy) is 4. The van der Waals surface area contributed by atoms with Crippen LogP contribution >= 0.6 is 0 Å². The molecule has 2 aromatic rings. The number of esters is 1. The van der Waals surface area contributed by atoms with Crippen molar-refractivity contribution in [1.29, 1.82) is 5.26 Å². The number of carbonyl (C=O) groups excluding carboxylic acids is 1. The number of carbonyl (C=O) groups is 1. The Labute approximate surface area is 191 Å². The molecule has 180 valence electrons. The Morgan fingerprint density at radius 3 is 2.68 bits per heavy atom. The Morgan fingerprint density at radius 2 is 2.03 bits per heavy atom. The number of fused-ring (bicyclic) bond motifs is 5. The SMILES string of the molecule is COCCOCOC(=O)C1=CC2(C)OC1c1c2c(O)n(-c2ccc(C#N)c(C(F)(F)F)c2)c1O. The third kappa shape index (κ3) is 3.67. The number of benzene rings is 1. The minimum atomic E-state index is -4.83. The van der Waals surface area contributed by atoms with Gasteiger partial charge in [0, 0.05) is 7.11 Å². The first kappa shape index (κ1) is 23.6. The lowest BCUT2D eigenvalue weighted by molar-refractivity contribution is -0.153. The van der Waals surface area contributed by atoms with Gasteiger partial charge in [0.05, 0.1) is 52.8 Å². The molecule has 0 fully saturated rings. The summed E-state index contributed by atoms with van der Waals surface area (Å²) in [6, 6.07) is 4.23. The number of nitriles is 1. The lowest BCUT2D eigenvalue weighted by Gasteiger charge is -2.18. The van der Waals surface area contributed by atoms with Gasteiger partial charge in [0.15, 0.2) is 6.79 Å². The molecule has 12 heteroatoms. The number of hydrogen-bond acceptors (Lipinski definition) is 8. The summed E-state index contributed by atoms with van der Waals surface area (Å²) in [7, 11) is 1.49. The van der Waals surface area contributed by atoms with E-state index in [0.717, 1.165) is 16.7 Å². The van der Waals surface area contributed by atoms with Crippen molar-refractivity contribution in [2.75, 3.05) is 27.1 Å². The minimum Gasteiger partial charge on any atom is -0.494 e. The van der Waals surface area contributed by atoms with Gasteiger partial charge in [0.1, 0.15) is 11.7 Å². The van der Waals surface area contributed by atoms with E-state index in [0.29, 0.717) is 12.7 Å². The molecule has 0 radical (unpaired) electrons. The molecule has 1 aromatic heterocycles. The van der Waals surface area contributed by atoms with E-state index >= 15 is 0 Å². The quantitative estimate of drug-likeness (QED) is 0.352. The fourth-order valence-corrected chi connectivity index (χ4v) is 4.16. The first-order valence-corrected chi connectivity index (χ1v) is 9.96. The first-order chi connectivity index (χ1) is 16.0. The van der Waals surface area contributed by atoms with Crippen LogP contribution in [0.1, 0.15) is 35.3 Å². The molecule has 2 N–H and O–H groups in total. The minimum absolute atomic E-state index is 0.0349. The number of aromatic hydroxyl groups is 2. The highest BCUT2D eigenvalue weighted by Crippen LogP contribution is 2.61. The van der Waals surface area contributed by atoms with Crippen LogP contribution in [0.2, 0.25) is 0 Å². The number of halogens is 3. The zero-order chi connectivity index (χ0) is 24.8. The number of nitrogens with zero attached hydrogens (tertiary/aromatic N) is 2. The lowest BCUT2D eigenvalue weighted by Crippen LogP contribution is -2.17. The molecule has 9 nitrogen and oxygen atoms in total. The highest BCUT2D eigenvalue weighted by molar-refractivity contribution is 5.92. The van der Waals surface area contributed by atoms with Gasteiger partial charge in [0.2, 0.25) is 11.8 Å². The predicted octanol–water partition coefficient (Wildman–Crippen LogP) is 3.17. The van der Waals surface area contributed by atoms with Gasteiger partial charge >= 0.3 is 12.1 Å². The van der Waals surface area contributed by atoms with E-state index in [1.807, 2.05) is 0 Å². The summed E-state index contributed by atoms with van der Waals surface area (Å²) < 4.78 is 61.8. The van der Waals surface area contributed by atoms with Crippen molar-refractivity contribution in [2.45, 2.75) is 24.8 Å². The molecule has 0 amide bonds. The summed E-state index contributed by atoms with van der Waals surface area (Å²) in [6.07, 6.45) is -4.53. The smallest absolute Gasteiger partial charge is 0.417 e. The molecule has 0 saturated carbocycles. The van der Waals surface area contributed by atoms with E-state index in [1.54, 1.807) is 0 Å². The van der Waals surface area contributed by atoms with Crippen molar-refractivity contribution in [3.05, 3.63) is 52.1 Å². The number of methoxy groups -OCH3 is 1. The molecule has 2 atom stereocenters. The van der Waals surface area contributed by atoms with Gasteiger partial charge in [0.25, 0.3) is 0 Å². The maximum absolute atomic E-state index is 13.4. The lowest BCUT2D eigenvalue weighted by atomic mass is 9.87. The normalized spacial score (nSPS) is 20.7. The van der Waals surface area contributed by atoms with Gasteiger partial charge in [-0.05, 0) is 31.2 Å². The maximum Gasteiger partial charge on any atom is 0.417 e. The second-order valence-corrected chi connectivity index (χ2v) is 7.77. The second kappa shape index (κ2) is 8.35. The van der Waals surface area contributed by atoms with Crippen molar-refractivity contribution >= 4 is 5.97 Å². The first-order valence-electron chi connectivity index (χ1n) is 9.96. The van der Waals surface area contributed by atoms with Crippen LogP contribution in [0.4, 0.5) is 13.2 Å². The van der Waals surface area contributed by atoms with E-state index in [9.17, 15) is 28.2 Å². The Hall–Kier alpha value is -3.53. The molecular formula is C22H19F3N2O7. The summed E-state index contributed by atoms with van der Waals surface area (Å²) in [5.74, 6) is -1.93. The molecule has 3 heterocycles. The summed E-state index contributed by atoms with van der Waals surface area (Å²) in [5.41, 5.74) is -3.19. The molecule has 4 rings (SSSR count). The van der Waals surface area contributed by atoms with Gasteiger partial charge in [-0.3, -0.25) is 4.57 Å². The molecule has 2 bridgehead atoms. The molecule has 34 heavy (non-hydrogen) atoms. The van der Waals surface area contributed by atoms with Crippen molar-refractivity contribution in [2.24, 2.45) is 0 Å². The Bertz CT molecular complexity index is 1230. The third-order valence-corrected chi connectivity index (χ3v) is 5.62. The van der Waals surface area contributed by atoms with Crippen molar-refractivity contribution in [1.82, 2.24) is 4.57 Å². The maximum atomic E-state index is 13.4. The zero-order valence-electron chi connectivity index (χ0n) is 18.0.